The molecular formula is C15H13F6N3. The number of pyridine rings is 2. The van der Waals surface area contributed by atoms with Gasteiger partial charge in [0.25, 0.3) is 0 Å². The highest BCUT2D eigenvalue weighted by atomic mass is 19.4. The quantitative estimate of drug-likeness (QED) is 0.777. The van der Waals surface area contributed by atoms with E-state index in [9.17, 15) is 26.3 Å². The van der Waals surface area contributed by atoms with Crippen molar-refractivity contribution in [1.29, 1.82) is 0 Å². The molecule has 0 aliphatic rings. The second kappa shape index (κ2) is 6.76. The minimum Gasteiger partial charge on any atom is -0.295 e. The summed E-state index contributed by atoms with van der Waals surface area (Å²) in [7, 11) is 1.67. The van der Waals surface area contributed by atoms with E-state index in [4.69, 9.17) is 0 Å². The molecule has 0 aliphatic heterocycles. The van der Waals surface area contributed by atoms with Crippen LogP contribution >= 0.6 is 0 Å². The molecule has 0 bridgehead atoms. The summed E-state index contributed by atoms with van der Waals surface area (Å²) in [6.45, 7) is 0.474. The Balaban J connectivity index is 1.97. The number of halogens is 6. The Morgan fingerprint density at radius 1 is 0.750 bits per heavy atom. The summed E-state index contributed by atoms with van der Waals surface area (Å²) < 4.78 is 74.7. The molecule has 0 radical (unpaired) electrons. The fraction of sp³-hybridized carbons (Fsp3) is 0.333. The first-order valence-electron chi connectivity index (χ1n) is 6.78. The summed E-state index contributed by atoms with van der Waals surface area (Å²) in [6.07, 6.45) is -7.39. The van der Waals surface area contributed by atoms with E-state index in [-0.39, 0.29) is 13.1 Å². The highest BCUT2D eigenvalue weighted by Gasteiger charge is 2.31. The van der Waals surface area contributed by atoms with Crippen LogP contribution in [0.25, 0.3) is 0 Å². The maximum absolute atomic E-state index is 12.4. The minimum atomic E-state index is -4.44. The smallest absolute Gasteiger partial charge is 0.295 e. The van der Waals surface area contributed by atoms with Crippen LogP contribution < -0.4 is 0 Å². The van der Waals surface area contributed by atoms with Crippen LogP contribution in [-0.4, -0.2) is 21.9 Å². The van der Waals surface area contributed by atoms with E-state index in [2.05, 4.69) is 9.97 Å². The highest BCUT2D eigenvalue weighted by Crippen LogP contribution is 2.29. The Bertz CT molecular complexity index is 602. The van der Waals surface area contributed by atoms with Crippen LogP contribution in [0.2, 0.25) is 0 Å². The van der Waals surface area contributed by atoms with Gasteiger partial charge in [-0.05, 0) is 31.3 Å². The lowest BCUT2D eigenvalue weighted by Gasteiger charge is -2.16. The van der Waals surface area contributed by atoms with E-state index in [0.29, 0.717) is 11.4 Å². The van der Waals surface area contributed by atoms with Gasteiger partial charge in [-0.15, -0.1) is 0 Å². The lowest BCUT2D eigenvalue weighted by Crippen LogP contribution is -2.19. The van der Waals surface area contributed by atoms with Gasteiger partial charge >= 0.3 is 12.4 Å². The molecule has 0 spiro atoms. The van der Waals surface area contributed by atoms with Crippen LogP contribution in [0.15, 0.2) is 36.7 Å². The van der Waals surface area contributed by atoms with E-state index in [1.165, 1.54) is 12.1 Å². The summed E-state index contributed by atoms with van der Waals surface area (Å²) >= 11 is 0. The zero-order valence-corrected chi connectivity index (χ0v) is 12.5. The lowest BCUT2D eigenvalue weighted by molar-refractivity contribution is -0.138. The molecule has 0 aliphatic carbocycles. The van der Waals surface area contributed by atoms with Crippen molar-refractivity contribution in [2.24, 2.45) is 0 Å². The Hall–Kier alpha value is -2.16. The molecule has 0 aromatic carbocycles. The zero-order valence-electron chi connectivity index (χ0n) is 12.5. The first-order valence-corrected chi connectivity index (χ1v) is 6.78. The third-order valence-electron chi connectivity index (χ3n) is 3.17. The van der Waals surface area contributed by atoms with Crippen LogP contribution in [0, 0.1) is 0 Å². The van der Waals surface area contributed by atoms with Crippen molar-refractivity contribution >= 4 is 0 Å². The normalized spacial score (nSPS) is 12.7. The average molecular weight is 349 g/mol. The van der Waals surface area contributed by atoms with Crippen molar-refractivity contribution in [2.45, 2.75) is 25.4 Å². The number of rotatable bonds is 4. The van der Waals surface area contributed by atoms with Crippen LogP contribution in [-0.2, 0) is 25.4 Å². The van der Waals surface area contributed by atoms with Crippen LogP contribution in [0.4, 0.5) is 26.3 Å². The molecule has 0 unspecified atom stereocenters. The van der Waals surface area contributed by atoms with Gasteiger partial charge in [0, 0.05) is 25.5 Å². The van der Waals surface area contributed by atoms with Gasteiger partial charge in [0.1, 0.15) is 0 Å². The van der Waals surface area contributed by atoms with Gasteiger partial charge in [0.05, 0.1) is 22.5 Å². The predicted molar refractivity (Wildman–Crippen MR) is 73.6 cm³/mol. The van der Waals surface area contributed by atoms with Gasteiger partial charge in [-0.25, -0.2) is 0 Å². The van der Waals surface area contributed by atoms with Gasteiger partial charge in [0.2, 0.25) is 0 Å². The van der Waals surface area contributed by atoms with Gasteiger partial charge in [-0.3, -0.25) is 14.9 Å². The molecule has 0 saturated carbocycles. The van der Waals surface area contributed by atoms with Gasteiger partial charge in [0.15, 0.2) is 0 Å². The van der Waals surface area contributed by atoms with E-state index < -0.39 is 23.5 Å². The molecule has 2 rings (SSSR count). The maximum Gasteiger partial charge on any atom is 0.417 e. The second-order valence-corrected chi connectivity index (χ2v) is 5.24. The Kier molecular flexibility index (Phi) is 5.12. The van der Waals surface area contributed by atoms with Crippen LogP contribution in [0.1, 0.15) is 22.5 Å². The average Bonchev–Trinajstić information content (AvgIpc) is 2.46. The van der Waals surface area contributed by atoms with Crippen molar-refractivity contribution in [1.82, 2.24) is 14.9 Å². The Labute approximate surface area is 134 Å². The SMILES string of the molecule is CN(Cc1ccc(C(F)(F)F)cn1)Cc1ccc(C(F)(F)F)cn1. The minimum absolute atomic E-state index is 0.237. The molecule has 9 heteroatoms. The van der Waals surface area contributed by atoms with Crippen molar-refractivity contribution in [2.75, 3.05) is 7.05 Å². The number of aromatic nitrogens is 2. The number of alkyl halides is 6. The standard InChI is InChI=1S/C15H13F6N3/c1-24(8-12-4-2-10(6-22-12)14(16,17)18)9-13-5-3-11(7-23-13)15(19,20)21/h2-7H,8-9H2,1H3. The molecule has 2 aromatic heterocycles. The summed E-state index contributed by atoms with van der Waals surface area (Å²) in [5, 5.41) is 0. The summed E-state index contributed by atoms with van der Waals surface area (Å²) in [5.41, 5.74) is -0.841. The fourth-order valence-corrected chi connectivity index (χ4v) is 1.98. The van der Waals surface area contributed by atoms with Crippen molar-refractivity contribution < 1.29 is 26.3 Å². The molecule has 2 aromatic rings. The molecule has 130 valence electrons. The molecule has 0 amide bonds. The third-order valence-corrected chi connectivity index (χ3v) is 3.17. The van der Waals surface area contributed by atoms with E-state index in [0.717, 1.165) is 24.5 Å². The topological polar surface area (TPSA) is 29.0 Å². The lowest BCUT2D eigenvalue weighted by atomic mass is 10.2. The van der Waals surface area contributed by atoms with E-state index in [1.807, 2.05) is 0 Å². The van der Waals surface area contributed by atoms with Gasteiger partial charge < -0.3 is 0 Å². The van der Waals surface area contributed by atoms with Crippen molar-refractivity contribution in [3.8, 4) is 0 Å². The second-order valence-electron chi connectivity index (χ2n) is 5.24. The number of hydrogen-bond acceptors (Lipinski definition) is 3. The van der Waals surface area contributed by atoms with Crippen LogP contribution in [0.5, 0.6) is 0 Å². The molecular weight excluding hydrogens is 336 g/mol. The molecule has 0 N–H and O–H groups in total. The number of nitrogens with zero attached hydrogens (tertiary/aromatic N) is 3. The Morgan fingerprint density at radius 3 is 1.38 bits per heavy atom. The monoisotopic (exact) mass is 349 g/mol. The molecule has 2 heterocycles. The highest BCUT2D eigenvalue weighted by molar-refractivity contribution is 5.18. The summed E-state index contributed by atoms with van der Waals surface area (Å²) in [6, 6.07) is 4.40. The largest absolute Gasteiger partial charge is 0.417 e. The van der Waals surface area contributed by atoms with E-state index >= 15 is 0 Å². The van der Waals surface area contributed by atoms with Gasteiger partial charge in [-0.1, -0.05) is 0 Å². The van der Waals surface area contributed by atoms with Crippen LogP contribution in [0.3, 0.4) is 0 Å². The fourth-order valence-electron chi connectivity index (χ4n) is 1.98. The molecule has 3 nitrogen and oxygen atoms in total. The molecule has 24 heavy (non-hydrogen) atoms. The molecule has 0 atom stereocenters. The Morgan fingerprint density at radius 2 is 1.12 bits per heavy atom. The maximum atomic E-state index is 12.4. The first-order chi connectivity index (χ1) is 11.1. The van der Waals surface area contributed by atoms with Crippen molar-refractivity contribution in [3.63, 3.8) is 0 Å². The molecule has 0 fully saturated rings. The van der Waals surface area contributed by atoms with Crippen molar-refractivity contribution in [3.05, 3.63) is 59.2 Å². The zero-order chi connectivity index (χ0) is 18.0. The molecule has 0 saturated heterocycles. The van der Waals surface area contributed by atoms with E-state index in [1.54, 1.807) is 11.9 Å². The first kappa shape index (κ1) is 18.2. The predicted octanol–water partition coefficient (Wildman–Crippen LogP) is 4.15. The van der Waals surface area contributed by atoms with Gasteiger partial charge in [-0.2, -0.15) is 26.3 Å². The number of hydrogen-bond donors (Lipinski definition) is 0. The third kappa shape index (κ3) is 4.92. The summed E-state index contributed by atoms with van der Waals surface area (Å²) in [4.78, 5) is 9.17. The summed E-state index contributed by atoms with van der Waals surface area (Å²) in [5.74, 6) is 0.